The van der Waals surface area contributed by atoms with Gasteiger partial charge in [0.25, 0.3) is 0 Å². The second kappa shape index (κ2) is 6.04. The van der Waals surface area contributed by atoms with Crippen molar-refractivity contribution in [2.75, 3.05) is 13.2 Å². The number of amides is 3. The fourth-order valence-electron chi connectivity index (χ4n) is 1.43. The lowest BCUT2D eigenvalue weighted by molar-refractivity contribution is -0.140. The van der Waals surface area contributed by atoms with E-state index in [0.717, 1.165) is 0 Å². The van der Waals surface area contributed by atoms with Crippen molar-refractivity contribution in [3.8, 4) is 0 Å². The highest BCUT2D eigenvalue weighted by molar-refractivity contribution is 5.83. The summed E-state index contributed by atoms with van der Waals surface area (Å²) in [5.41, 5.74) is 0. The van der Waals surface area contributed by atoms with Crippen molar-refractivity contribution in [1.29, 1.82) is 0 Å². The maximum atomic E-state index is 11.4. The number of piperidine rings is 1. The number of carbonyl (C=O) groups is 3. The average molecular weight is 245 g/mol. The van der Waals surface area contributed by atoms with Crippen LogP contribution in [0.2, 0.25) is 0 Å². The second-order valence-electron chi connectivity index (χ2n) is 3.73. The molecule has 0 bridgehead atoms. The van der Waals surface area contributed by atoms with Crippen LogP contribution in [-0.2, 0) is 9.59 Å². The van der Waals surface area contributed by atoms with E-state index in [0.29, 0.717) is 19.4 Å². The molecule has 8 nitrogen and oxygen atoms in total. The van der Waals surface area contributed by atoms with Gasteiger partial charge in [0.1, 0.15) is 0 Å². The summed E-state index contributed by atoms with van der Waals surface area (Å²) in [4.78, 5) is 32.8. The van der Waals surface area contributed by atoms with Crippen LogP contribution in [0.15, 0.2) is 0 Å². The number of carbonyl (C=O) groups excluding carboxylic acids is 2. The third kappa shape index (κ3) is 4.27. The van der Waals surface area contributed by atoms with Gasteiger partial charge >= 0.3 is 12.0 Å². The minimum Gasteiger partial charge on any atom is -0.480 e. The monoisotopic (exact) mass is 245 g/mol. The molecule has 1 aliphatic heterocycles. The van der Waals surface area contributed by atoms with Crippen LogP contribution in [0.5, 0.6) is 0 Å². The Balaban J connectivity index is 2.34. The SMILES string of the molecule is O=C1CCC(NC(=O)NC(CO)C(=O)O)CN1. The van der Waals surface area contributed by atoms with Crippen molar-refractivity contribution < 1.29 is 24.6 Å². The molecule has 0 spiro atoms. The second-order valence-corrected chi connectivity index (χ2v) is 3.73. The van der Waals surface area contributed by atoms with Gasteiger partial charge in [-0.15, -0.1) is 0 Å². The number of carboxylic acids is 1. The van der Waals surface area contributed by atoms with E-state index in [2.05, 4.69) is 16.0 Å². The number of rotatable bonds is 4. The van der Waals surface area contributed by atoms with Gasteiger partial charge < -0.3 is 26.2 Å². The first-order valence-electron chi connectivity index (χ1n) is 5.20. The van der Waals surface area contributed by atoms with Crippen molar-refractivity contribution in [1.82, 2.24) is 16.0 Å². The Hall–Kier alpha value is -1.83. The van der Waals surface area contributed by atoms with Gasteiger partial charge in [0.15, 0.2) is 6.04 Å². The lowest BCUT2D eigenvalue weighted by Crippen LogP contribution is -2.54. The van der Waals surface area contributed by atoms with Gasteiger partial charge in [0.05, 0.1) is 6.61 Å². The zero-order valence-electron chi connectivity index (χ0n) is 9.10. The van der Waals surface area contributed by atoms with Crippen molar-refractivity contribution >= 4 is 17.9 Å². The number of nitrogens with one attached hydrogen (secondary N) is 3. The van der Waals surface area contributed by atoms with Gasteiger partial charge in [-0.1, -0.05) is 0 Å². The minimum absolute atomic E-state index is 0.0674. The van der Waals surface area contributed by atoms with Crippen LogP contribution in [0.3, 0.4) is 0 Å². The third-order valence-corrected chi connectivity index (χ3v) is 2.39. The van der Waals surface area contributed by atoms with Gasteiger partial charge in [-0.25, -0.2) is 9.59 Å². The Labute approximate surface area is 97.4 Å². The Bertz CT molecular complexity index is 310. The number of hydrogen-bond acceptors (Lipinski definition) is 4. The molecule has 0 aromatic heterocycles. The molecule has 96 valence electrons. The first-order chi connectivity index (χ1) is 8.02. The largest absolute Gasteiger partial charge is 0.480 e. The number of hydrogen-bond donors (Lipinski definition) is 5. The molecule has 8 heteroatoms. The summed E-state index contributed by atoms with van der Waals surface area (Å²) < 4.78 is 0. The highest BCUT2D eigenvalue weighted by atomic mass is 16.4. The summed E-state index contributed by atoms with van der Waals surface area (Å²) in [5.74, 6) is -1.37. The molecule has 0 aliphatic carbocycles. The van der Waals surface area contributed by atoms with Crippen molar-refractivity contribution in [2.24, 2.45) is 0 Å². The molecule has 2 atom stereocenters. The van der Waals surface area contributed by atoms with E-state index in [9.17, 15) is 14.4 Å². The zero-order chi connectivity index (χ0) is 12.8. The third-order valence-electron chi connectivity index (χ3n) is 2.39. The number of aliphatic carboxylic acids is 1. The summed E-state index contributed by atoms with van der Waals surface area (Å²) in [5, 5.41) is 24.5. The molecule has 17 heavy (non-hydrogen) atoms. The normalized spacial score (nSPS) is 21.2. The number of carboxylic acid groups (broad SMARTS) is 1. The lowest BCUT2D eigenvalue weighted by Gasteiger charge is -2.24. The summed E-state index contributed by atoms with van der Waals surface area (Å²) in [7, 11) is 0. The van der Waals surface area contributed by atoms with Gasteiger partial charge in [-0.3, -0.25) is 4.79 Å². The van der Waals surface area contributed by atoms with Crippen LogP contribution >= 0.6 is 0 Å². The van der Waals surface area contributed by atoms with Crippen molar-refractivity contribution in [2.45, 2.75) is 24.9 Å². The first-order valence-corrected chi connectivity index (χ1v) is 5.20. The quantitative estimate of drug-likeness (QED) is 0.392. The van der Waals surface area contributed by atoms with Gasteiger partial charge in [0.2, 0.25) is 5.91 Å². The fraction of sp³-hybridized carbons (Fsp3) is 0.667. The predicted molar refractivity (Wildman–Crippen MR) is 56.2 cm³/mol. The summed E-state index contributed by atoms with van der Waals surface area (Å²) >= 11 is 0. The van der Waals surface area contributed by atoms with Crippen molar-refractivity contribution in [3.63, 3.8) is 0 Å². The predicted octanol–water partition coefficient (Wildman–Crippen LogP) is -1.99. The lowest BCUT2D eigenvalue weighted by atomic mass is 10.1. The molecular formula is C9H15N3O5. The van der Waals surface area contributed by atoms with E-state index in [4.69, 9.17) is 10.2 Å². The molecule has 0 aromatic carbocycles. The summed E-state index contributed by atoms with van der Waals surface area (Å²) in [6.07, 6.45) is 0.837. The molecule has 1 rings (SSSR count). The van der Waals surface area contributed by atoms with Crippen LogP contribution < -0.4 is 16.0 Å². The van der Waals surface area contributed by atoms with E-state index in [1.165, 1.54) is 0 Å². The highest BCUT2D eigenvalue weighted by Gasteiger charge is 2.22. The molecule has 5 N–H and O–H groups in total. The molecule has 1 heterocycles. The number of aliphatic hydroxyl groups is 1. The molecule has 0 radical (unpaired) electrons. The molecule has 3 amide bonds. The van der Waals surface area contributed by atoms with E-state index >= 15 is 0 Å². The zero-order valence-corrected chi connectivity index (χ0v) is 9.10. The Morgan fingerprint density at radius 2 is 2.24 bits per heavy atom. The molecular weight excluding hydrogens is 230 g/mol. The van der Waals surface area contributed by atoms with E-state index in [1.807, 2.05) is 0 Å². The maximum absolute atomic E-state index is 11.4. The standard InChI is InChI=1S/C9H15N3O5/c13-4-6(8(15)16)12-9(17)11-5-1-2-7(14)10-3-5/h5-6,13H,1-4H2,(H,10,14)(H,15,16)(H2,11,12,17). The molecule has 2 unspecified atom stereocenters. The Morgan fingerprint density at radius 3 is 2.71 bits per heavy atom. The summed E-state index contributed by atoms with van der Waals surface area (Å²) in [6.45, 7) is -0.354. The van der Waals surface area contributed by atoms with Crippen molar-refractivity contribution in [3.05, 3.63) is 0 Å². The Morgan fingerprint density at radius 1 is 1.53 bits per heavy atom. The topological polar surface area (TPSA) is 128 Å². The van der Waals surface area contributed by atoms with Crippen LogP contribution in [0, 0.1) is 0 Å². The molecule has 0 aromatic rings. The minimum atomic E-state index is -1.33. The van der Waals surface area contributed by atoms with Crippen LogP contribution in [0.1, 0.15) is 12.8 Å². The van der Waals surface area contributed by atoms with Crippen LogP contribution in [0.4, 0.5) is 4.79 Å². The van der Waals surface area contributed by atoms with Gasteiger partial charge in [-0.05, 0) is 6.42 Å². The molecule has 1 saturated heterocycles. The van der Waals surface area contributed by atoms with E-state index < -0.39 is 24.6 Å². The molecule has 1 fully saturated rings. The smallest absolute Gasteiger partial charge is 0.328 e. The van der Waals surface area contributed by atoms with Gasteiger partial charge in [-0.2, -0.15) is 0 Å². The highest BCUT2D eigenvalue weighted by Crippen LogP contribution is 2.02. The molecule has 1 aliphatic rings. The van der Waals surface area contributed by atoms with Gasteiger partial charge in [0, 0.05) is 19.0 Å². The fourth-order valence-corrected chi connectivity index (χ4v) is 1.43. The maximum Gasteiger partial charge on any atom is 0.328 e. The number of aliphatic hydroxyl groups excluding tert-OH is 1. The van der Waals surface area contributed by atoms with Crippen LogP contribution in [-0.4, -0.2) is 53.4 Å². The average Bonchev–Trinajstić information content (AvgIpc) is 2.28. The first kappa shape index (κ1) is 13.2. The van der Waals surface area contributed by atoms with E-state index in [-0.39, 0.29) is 11.9 Å². The summed E-state index contributed by atoms with van der Waals surface area (Å²) in [6, 6.07) is -2.22. The van der Waals surface area contributed by atoms with Crippen LogP contribution in [0.25, 0.3) is 0 Å². The van der Waals surface area contributed by atoms with E-state index in [1.54, 1.807) is 0 Å². The molecule has 0 saturated carbocycles. The Kier molecular flexibility index (Phi) is 4.70. The number of urea groups is 1.